The third-order valence-corrected chi connectivity index (χ3v) is 5.21. The van der Waals surface area contributed by atoms with E-state index in [1.807, 2.05) is 30.3 Å². The summed E-state index contributed by atoms with van der Waals surface area (Å²) in [6, 6.07) is 14.9. The van der Waals surface area contributed by atoms with Gasteiger partial charge in [0.15, 0.2) is 0 Å². The minimum absolute atomic E-state index is 0.188. The minimum Gasteiger partial charge on any atom is -0.497 e. The molecule has 3 heterocycles. The third-order valence-electron chi connectivity index (χ3n) is 5.21. The fourth-order valence-corrected chi connectivity index (χ4v) is 3.60. The first kappa shape index (κ1) is 20.0. The number of ether oxygens (including phenoxy) is 1. The molecule has 7 heteroatoms. The summed E-state index contributed by atoms with van der Waals surface area (Å²) >= 11 is 0. The van der Waals surface area contributed by atoms with Crippen LogP contribution in [0, 0.1) is 0 Å². The molecule has 0 radical (unpaired) electrons. The average Bonchev–Trinajstić information content (AvgIpc) is 3.18. The highest BCUT2D eigenvalue weighted by Crippen LogP contribution is 2.19. The third kappa shape index (κ3) is 4.99. The highest BCUT2D eigenvalue weighted by atomic mass is 16.5. The van der Waals surface area contributed by atoms with Crippen molar-refractivity contribution >= 4 is 17.4 Å². The van der Waals surface area contributed by atoms with Gasteiger partial charge in [-0.2, -0.15) is 0 Å². The normalized spacial score (nSPS) is 14.9. The van der Waals surface area contributed by atoms with Gasteiger partial charge < -0.3 is 19.4 Å². The monoisotopic (exact) mass is 406 g/mol. The van der Waals surface area contributed by atoms with E-state index in [1.165, 1.54) is 0 Å². The molecule has 3 aromatic rings. The number of carbonyl (C=O) groups is 1. The maximum atomic E-state index is 12.5. The van der Waals surface area contributed by atoms with Crippen LogP contribution in [0.5, 0.6) is 5.75 Å². The summed E-state index contributed by atoms with van der Waals surface area (Å²) < 4.78 is 10.6. The van der Waals surface area contributed by atoms with Crippen LogP contribution in [0.1, 0.15) is 22.5 Å². The molecule has 1 amide bonds. The Kier molecular flexibility index (Phi) is 6.29. The summed E-state index contributed by atoms with van der Waals surface area (Å²) in [5.41, 5.74) is 1.21. The van der Waals surface area contributed by atoms with Crippen molar-refractivity contribution in [3.05, 3.63) is 72.3 Å². The number of furan rings is 1. The smallest absolute Gasteiger partial charge is 0.255 e. The molecule has 1 aliphatic heterocycles. The van der Waals surface area contributed by atoms with E-state index < -0.39 is 0 Å². The molecule has 1 fully saturated rings. The fourth-order valence-electron chi connectivity index (χ4n) is 3.60. The highest BCUT2D eigenvalue weighted by Gasteiger charge is 2.17. The molecular weight excluding hydrogens is 380 g/mol. The zero-order valence-corrected chi connectivity index (χ0v) is 17.1. The van der Waals surface area contributed by atoms with Gasteiger partial charge in [-0.05, 0) is 48.9 Å². The molecule has 1 N–H and O–H groups in total. The van der Waals surface area contributed by atoms with Crippen LogP contribution in [-0.4, -0.2) is 49.1 Å². The zero-order valence-electron chi connectivity index (χ0n) is 17.1. The molecule has 0 spiro atoms. The number of benzene rings is 1. The Morgan fingerprint density at radius 2 is 2.07 bits per heavy atom. The van der Waals surface area contributed by atoms with Crippen LogP contribution in [0.15, 0.2) is 65.4 Å². The molecule has 0 atom stereocenters. The van der Waals surface area contributed by atoms with Crippen molar-refractivity contribution in [2.75, 3.05) is 43.5 Å². The number of anilines is 2. The molecule has 0 unspecified atom stereocenters. The Morgan fingerprint density at radius 1 is 1.13 bits per heavy atom. The molecule has 1 aromatic carbocycles. The Balaban J connectivity index is 1.34. The zero-order chi connectivity index (χ0) is 20.8. The molecule has 0 saturated carbocycles. The van der Waals surface area contributed by atoms with Gasteiger partial charge in [0, 0.05) is 31.7 Å². The van der Waals surface area contributed by atoms with Crippen molar-refractivity contribution in [1.29, 1.82) is 0 Å². The van der Waals surface area contributed by atoms with E-state index >= 15 is 0 Å². The van der Waals surface area contributed by atoms with Crippen LogP contribution in [0.2, 0.25) is 0 Å². The number of aromatic nitrogens is 1. The van der Waals surface area contributed by atoms with Crippen molar-refractivity contribution < 1.29 is 13.9 Å². The van der Waals surface area contributed by atoms with Gasteiger partial charge in [-0.25, -0.2) is 4.98 Å². The summed E-state index contributed by atoms with van der Waals surface area (Å²) in [6.45, 7) is 4.69. The second-order valence-electron chi connectivity index (χ2n) is 7.29. The Hall–Kier alpha value is -3.32. The van der Waals surface area contributed by atoms with Gasteiger partial charge in [0.05, 0.1) is 31.8 Å². The lowest BCUT2D eigenvalue weighted by molar-refractivity contribution is 0.102. The van der Waals surface area contributed by atoms with Crippen molar-refractivity contribution in [2.24, 2.45) is 0 Å². The van der Waals surface area contributed by atoms with E-state index in [9.17, 15) is 4.79 Å². The Labute approximate surface area is 176 Å². The highest BCUT2D eigenvalue weighted by molar-refractivity contribution is 6.04. The summed E-state index contributed by atoms with van der Waals surface area (Å²) in [6.07, 6.45) is 4.49. The van der Waals surface area contributed by atoms with E-state index in [2.05, 4.69) is 20.1 Å². The van der Waals surface area contributed by atoms with E-state index in [-0.39, 0.29) is 5.91 Å². The maximum absolute atomic E-state index is 12.5. The molecule has 1 aliphatic rings. The Bertz CT molecular complexity index is 957. The van der Waals surface area contributed by atoms with Gasteiger partial charge in [0.25, 0.3) is 5.91 Å². The van der Waals surface area contributed by atoms with E-state index in [0.717, 1.165) is 50.7 Å². The van der Waals surface area contributed by atoms with Crippen molar-refractivity contribution in [1.82, 2.24) is 9.88 Å². The number of nitrogens with zero attached hydrogens (tertiary/aromatic N) is 3. The second kappa shape index (κ2) is 9.45. The number of hydrogen-bond acceptors (Lipinski definition) is 6. The average molecular weight is 406 g/mol. The van der Waals surface area contributed by atoms with Crippen molar-refractivity contribution in [2.45, 2.75) is 13.0 Å². The predicted molar refractivity (Wildman–Crippen MR) is 116 cm³/mol. The number of pyridine rings is 1. The predicted octanol–water partition coefficient (Wildman–Crippen LogP) is 3.65. The van der Waals surface area contributed by atoms with Gasteiger partial charge in [-0.3, -0.25) is 9.69 Å². The van der Waals surface area contributed by atoms with E-state index in [4.69, 9.17) is 9.15 Å². The minimum atomic E-state index is -0.188. The number of methoxy groups -OCH3 is 1. The molecular formula is C23H26N4O3. The largest absolute Gasteiger partial charge is 0.497 e. The SMILES string of the molecule is COc1cccc(C(=O)Nc2ccc(N3CCCN(Cc4ccco4)CC3)nc2)c1. The first-order chi connectivity index (χ1) is 14.7. The summed E-state index contributed by atoms with van der Waals surface area (Å²) in [5, 5.41) is 2.89. The van der Waals surface area contributed by atoms with Crippen LogP contribution in [0.4, 0.5) is 11.5 Å². The molecule has 7 nitrogen and oxygen atoms in total. The van der Waals surface area contributed by atoms with Crippen molar-refractivity contribution in [3.8, 4) is 5.75 Å². The first-order valence-electron chi connectivity index (χ1n) is 10.1. The molecule has 2 aromatic heterocycles. The standard InChI is InChI=1S/C23H26N4O3/c1-29-20-6-2-5-18(15-20)23(28)25-19-8-9-22(24-16-19)27-11-4-10-26(12-13-27)17-21-7-3-14-30-21/h2-3,5-9,14-16H,4,10-13,17H2,1H3,(H,25,28). The maximum Gasteiger partial charge on any atom is 0.255 e. The number of nitrogens with one attached hydrogen (secondary N) is 1. The summed E-state index contributed by atoms with van der Waals surface area (Å²) in [7, 11) is 1.58. The van der Waals surface area contributed by atoms with Gasteiger partial charge in [-0.15, -0.1) is 0 Å². The number of hydrogen-bond donors (Lipinski definition) is 1. The number of carbonyl (C=O) groups excluding carboxylic acids is 1. The fraction of sp³-hybridized carbons (Fsp3) is 0.304. The lowest BCUT2D eigenvalue weighted by Crippen LogP contribution is -2.30. The second-order valence-corrected chi connectivity index (χ2v) is 7.29. The lowest BCUT2D eigenvalue weighted by atomic mass is 10.2. The molecule has 0 aliphatic carbocycles. The van der Waals surface area contributed by atoms with Crippen molar-refractivity contribution in [3.63, 3.8) is 0 Å². The first-order valence-corrected chi connectivity index (χ1v) is 10.1. The summed E-state index contributed by atoms with van der Waals surface area (Å²) in [4.78, 5) is 21.7. The number of rotatable bonds is 6. The van der Waals surface area contributed by atoms with Gasteiger partial charge >= 0.3 is 0 Å². The Morgan fingerprint density at radius 3 is 2.83 bits per heavy atom. The topological polar surface area (TPSA) is 70.8 Å². The van der Waals surface area contributed by atoms with Crippen LogP contribution >= 0.6 is 0 Å². The summed E-state index contributed by atoms with van der Waals surface area (Å²) in [5.74, 6) is 2.39. The molecule has 1 saturated heterocycles. The quantitative estimate of drug-likeness (QED) is 0.674. The lowest BCUT2D eigenvalue weighted by Gasteiger charge is -2.22. The molecule has 156 valence electrons. The van der Waals surface area contributed by atoms with E-state index in [1.54, 1.807) is 37.8 Å². The van der Waals surface area contributed by atoms with Crippen LogP contribution in [0.3, 0.4) is 0 Å². The molecule has 0 bridgehead atoms. The van der Waals surface area contributed by atoms with Gasteiger partial charge in [0.2, 0.25) is 0 Å². The van der Waals surface area contributed by atoms with Crippen LogP contribution in [0.25, 0.3) is 0 Å². The number of amides is 1. The van der Waals surface area contributed by atoms with Crippen LogP contribution in [-0.2, 0) is 6.54 Å². The van der Waals surface area contributed by atoms with Gasteiger partial charge in [-0.1, -0.05) is 6.07 Å². The van der Waals surface area contributed by atoms with E-state index in [0.29, 0.717) is 17.0 Å². The molecule has 4 rings (SSSR count). The molecule has 30 heavy (non-hydrogen) atoms. The van der Waals surface area contributed by atoms with Crippen LogP contribution < -0.4 is 15.0 Å². The van der Waals surface area contributed by atoms with Gasteiger partial charge in [0.1, 0.15) is 17.3 Å².